The molecule has 0 aliphatic heterocycles. The monoisotopic (exact) mass is 411 g/mol. The van der Waals surface area contributed by atoms with Crippen LogP contribution in [-0.4, -0.2) is 17.4 Å². The molecule has 0 aliphatic rings. The van der Waals surface area contributed by atoms with Gasteiger partial charge in [-0.3, -0.25) is 4.79 Å². The number of rotatable bonds is 5. The molecule has 0 fully saturated rings. The number of aromatic nitrogens is 1. The smallest absolute Gasteiger partial charge is 0.255 e. The van der Waals surface area contributed by atoms with Gasteiger partial charge in [0.2, 0.25) is 0 Å². The highest BCUT2D eigenvalue weighted by molar-refractivity contribution is 9.11. The fourth-order valence-electron chi connectivity index (χ4n) is 1.71. The zero-order valence-electron chi connectivity index (χ0n) is 11.5. The number of pyridine rings is 1. The summed E-state index contributed by atoms with van der Waals surface area (Å²) in [5, 5.41) is 6.04. The highest BCUT2D eigenvalue weighted by atomic mass is 79.9. The summed E-state index contributed by atoms with van der Waals surface area (Å²) in [7, 11) is 0. The van der Waals surface area contributed by atoms with E-state index in [0.29, 0.717) is 11.4 Å². The summed E-state index contributed by atoms with van der Waals surface area (Å²) in [5.74, 6) is 0.541. The minimum atomic E-state index is -0.167. The van der Waals surface area contributed by atoms with Crippen LogP contribution in [0.1, 0.15) is 23.7 Å². The van der Waals surface area contributed by atoms with Crippen molar-refractivity contribution in [1.29, 1.82) is 0 Å². The number of halogens is 2. The first kappa shape index (κ1) is 16.0. The van der Waals surface area contributed by atoms with Gasteiger partial charge >= 0.3 is 0 Å². The largest absolute Gasteiger partial charge is 0.370 e. The van der Waals surface area contributed by atoms with Crippen molar-refractivity contribution >= 4 is 49.3 Å². The molecule has 2 N–H and O–H groups in total. The van der Waals surface area contributed by atoms with E-state index >= 15 is 0 Å². The van der Waals surface area contributed by atoms with Crippen molar-refractivity contribution in [1.82, 2.24) is 4.98 Å². The van der Waals surface area contributed by atoms with Crippen LogP contribution < -0.4 is 10.6 Å². The minimum absolute atomic E-state index is 0.167. The molecule has 1 heterocycles. The van der Waals surface area contributed by atoms with E-state index < -0.39 is 0 Å². The van der Waals surface area contributed by atoms with Crippen LogP contribution >= 0.6 is 31.9 Å². The summed E-state index contributed by atoms with van der Waals surface area (Å²) in [4.78, 5) is 16.5. The first-order valence-electron chi connectivity index (χ1n) is 6.56. The third-order valence-electron chi connectivity index (χ3n) is 2.76. The second-order valence-corrected chi connectivity index (χ2v) is 6.20. The number of nitrogens with one attached hydrogen (secondary N) is 2. The molecule has 6 heteroatoms. The van der Waals surface area contributed by atoms with Crippen LogP contribution in [0.15, 0.2) is 45.5 Å². The van der Waals surface area contributed by atoms with Gasteiger partial charge in [0.15, 0.2) is 0 Å². The lowest BCUT2D eigenvalue weighted by Crippen LogP contribution is -2.13. The number of anilines is 2. The average Bonchev–Trinajstić information content (AvgIpc) is 2.48. The predicted octanol–water partition coefficient (Wildman–Crippen LogP) is 4.68. The molecule has 0 saturated carbocycles. The molecule has 2 rings (SSSR count). The van der Waals surface area contributed by atoms with E-state index in [1.54, 1.807) is 18.3 Å². The van der Waals surface area contributed by atoms with Crippen LogP contribution in [0.2, 0.25) is 0 Å². The van der Waals surface area contributed by atoms with Gasteiger partial charge in [-0.05, 0) is 52.7 Å². The number of hydrogen-bond donors (Lipinski definition) is 2. The van der Waals surface area contributed by atoms with E-state index in [-0.39, 0.29) is 5.91 Å². The van der Waals surface area contributed by atoms with Crippen molar-refractivity contribution in [2.75, 3.05) is 17.2 Å². The Morgan fingerprint density at radius 2 is 2.05 bits per heavy atom. The zero-order chi connectivity index (χ0) is 15.2. The first-order chi connectivity index (χ1) is 10.1. The summed E-state index contributed by atoms with van der Waals surface area (Å²) >= 11 is 6.81. The predicted molar refractivity (Wildman–Crippen MR) is 92.8 cm³/mol. The normalized spacial score (nSPS) is 10.2. The topological polar surface area (TPSA) is 54.0 Å². The van der Waals surface area contributed by atoms with Crippen LogP contribution in [0, 0.1) is 0 Å². The molecule has 0 saturated heterocycles. The van der Waals surface area contributed by atoms with Crippen LogP contribution in [0.5, 0.6) is 0 Å². The summed E-state index contributed by atoms with van der Waals surface area (Å²) in [6, 6.07) is 9.04. The summed E-state index contributed by atoms with van der Waals surface area (Å²) < 4.78 is 1.77. The Bertz CT molecular complexity index is 647. The maximum Gasteiger partial charge on any atom is 0.255 e. The molecule has 0 aliphatic carbocycles. The highest BCUT2D eigenvalue weighted by Crippen LogP contribution is 2.26. The van der Waals surface area contributed by atoms with Gasteiger partial charge in [-0.25, -0.2) is 4.98 Å². The van der Waals surface area contributed by atoms with Crippen molar-refractivity contribution in [3.8, 4) is 0 Å². The van der Waals surface area contributed by atoms with E-state index in [9.17, 15) is 4.79 Å². The lowest BCUT2D eigenvalue weighted by atomic mass is 10.2. The Kier molecular flexibility index (Phi) is 5.76. The second kappa shape index (κ2) is 7.56. The number of carbonyl (C=O) groups excluding carboxylic acids is 1. The van der Waals surface area contributed by atoms with Crippen molar-refractivity contribution < 1.29 is 4.79 Å². The molecule has 2 aromatic rings. The fourth-order valence-corrected chi connectivity index (χ4v) is 2.85. The van der Waals surface area contributed by atoms with Gasteiger partial charge in [0, 0.05) is 27.3 Å². The van der Waals surface area contributed by atoms with Gasteiger partial charge in [0.25, 0.3) is 5.91 Å². The lowest BCUT2D eigenvalue weighted by Gasteiger charge is -2.09. The second-order valence-electron chi connectivity index (χ2n) is 4.43. The summed E-state index contributed by atoms with van der Waals surface area (Å²) in [6.45, 7) is 2.91. The highest BCUT2D eigenvalue weighted by Gasteiger charge is 2.09. The third kappa shape index (κ3) is 4.54. The van der Waals surface area contributed by atoms with E-state index in [0.717, 1.165) is 27.6 Å². The molecule has 1 aromatic carbocycles. The number of amides is 1. The molecule has 21 heavy (non-hydrogen) atoms. The SMILES string of the molecule is CCCNc1cc(C(=O)Nc2ccc(Br)cc2Br)ccn1. The Morgan fingerprint density at radius 1 is 1.24 bits per heavy atom. The van der Waals surface area contributed by atoms with E-state index in [1.165, 1.54) is 0 Å². The summed E-state index contributed by atoms with van der Waals surface area (Å²) in [6.07, 6.45) is 2.63. The molecule has 1 amide bonds. The first-order valence-corrected chi connectivity index (χ1v) is 8.15. The minimum Gasteiger partial charge on any atom is -0.370 e. The van der Waals surface area contributed by atoms with E-state index in [2.05, 4.69) is 54.4 Å². The molecule has 110 valence electrons. The third-order valence-corrected chi connectivity index (χ3v) is 3.91. The molecule has 4 nitrogen and oxygen atoms in total. The molecule has 0 atom stereocenters. The Morgan fingerprint density at radius 3 is 2.76 bits per heavy atom. The Hall–Kier alpha value is -1.40. The van der Waals surface area contributed by atoms with Crippen molar-refractivity contribution in [3.63, 3.8) is 0 Å². The van der Waals surface area contributed by atoms with Crippen molar-refractivity contribution in [2.45, 2.75) is 13.3 Å². The molecule has 1 aromatic heterocycles. The average molecular weight is 413 g/mol. The van der Waals surface area contributed by atoms with Crippen LogP contribution in [0.4, 0.5) is 11.5 Å². The fraction of sp³-hybridized carbons (Fsp3) is 0.200. The number of carbonyl (C=O) groups is 1. The van der Waals surface area contributed by atoms with Gasteiger partial charge < -0.3 is 10.6 Å². The number of hydrogen-bond acceptors (Lipinski definition) is 3. The van der Waals surface area contributed by atoms with Crippen molar-refractivity contribution in [2.24, 2.45) is 0 Å². The van der Waals surface area contributed by atoms with E-state index in [1.807, 2.05) is 18.2 Å². The quantitative estimate of drug-likeness (QED) is 0.749. The summed E-state index contributed by atoms with van der Waals surface area (Å²) in [5.41, 5.74) is 1.29. The Labute approximate surface area is 140 Å². The van der Waals surface area contributed by atoms with Gasteiger partial charge in [0.1, 0.15) is 5.82 Å². The lowest BCUT2D eigenvalue weighted by molar-refractivity contribution is 0.102. The molecule has 0 spiro atoms. The molecular weight excluding hydrogens is 398 g/mol. The van der Waals surface area contributed by atoms with Gasteiger partial charge in [-0.1, -0.05) is 22.9 Å². The number of benzene rings is 1. The van der Waals surface area contributed by atoms with Gasteiger partial charge in [-0.2, -0.15) is 0 Å². The Balaban J connectivity index is 2.12. The van der Waals surface area contributed by atoms with Crippen molar-refractivity contribution in [3.05, 3.63) is 51.0 Å². The van der Waals surface area contributed by atoms with Crippen LogP contribution in [0.25, 0.3) is 0 Å². The van der Waals surface area contributed by atoms with Crippen LogP contribution in [-0.2, 0) is 0 Å². The zero-order valence-corrected chi connectivity index (χ0v) is 14.7. The van der Waals surface area contributed by atoms with Crippen LogP contribution in [0.3, 0.4) is 0 Å². The molecule has 0 unspecified atom stereocenters. The standard InChI is InChI=1S/C15H15Br2N3O/c1-2-6-18-14-8-10(5-7-19-14)15(21)20-13-4-3-11(16)9-12(13)17/h3-5,7-9H,2,6H2,1H3,(H,18,19)(H,20,21). The molecule has 0 bridgehead atoms. The van der Waals surface area contributed by atoms with E-state index in [4.69, 9.17) is 0 Å². The molecule has 0 radical (unpaired) electrons. The number of nitrogens with zero attached hydrogens (tertiary/aromatic N) is 1. The van der Waals surface area contributed by atoms with Gasteiger partial charge in [0.05, 0.1) is 5.69 Å². The maximum absolute atomic E-state index is 12.3. The van der Waals surface area contributed by atoms with Gasteiger partial charge in [-0.15, -0.1) is 0 Å². The molecular formula is C15H15Br2N3O. The maximum atomic E-state index is 12.3.